The van der Waals surface area contributed by atoms with Crippen LogP contribution in [-0.2, 0) is 4.74 Å². The van der Waals surface area contributed by atoms with E-state index < -0.39 is 0 Å². The van der Waals surface area contributed by atoms with E-state index in [1.807, 2.05) is 0 Å². The number of nitrogen functional groups attached to an aromatic ring is 1. The van der Waals surface area contributed by atoms with E-state index in [1.165, 1.54) is 31.5 Å². The number of rotatable bonds is 3. The molecule has 1 aromatic rings. The number of nitrogens with zero attached hydrogens (tertiary/aromatic N) is 2. The first-order valence-electron chi connectivity index (χ1n) is 8.13. The number of imidazole rings is 1. The van der Waals surface area contributed by atoms with Crippen LogP contribution in [0.4, 0.5) is 5.82 Å². The van der Waals surface area contributed by atoms with Crippen molar-refractivity contribution in [1.29, 1.82) is 0 Å². The Kier molecular flexibility index (Phi) is 4.01. The molecule has 0 radical (unpaired) electrons. The minimum absolute atomic E-state index is 0.386. The quantitative estimate of drug-likeness (QED) is 0.918. The van der Waals surface area contributed by atoms with Gasteiger partial charge in [-0.3, -0.25) is 0 Å². The lowest BCUT2D eigenvalue weighted by Gasteiger charge is -2.21. The summed E-state index contributed by atoms with van der Waals surface area (Å²) in [5, 5.41) is 0. The van der Waals surface area contributed by atoms with Crippen molar-refractivity contribution in [1.82, 2.24) is 9.55 Å². The van der Waals surface area contributed by atoms with Gasteiger partial charge < -0.3 is 15.0 Å². The third kappa shape index (κ3) is 2.46. The molecule has 0 bridgehead atoms. The molecule has 1 saturated heterocycles. The van der Waals surface area contributed by atoms with Gasteiger partial charge in [0.2, 0.25) is 0 Å². The molecule has 2 aliphatic rings. The number of anilines is 1. The van der Waals surface area contributed by atoms with Crippen molar-refractivity contribution in [3.05, 3.63) is 11.5 Å². The summed E-state index contributed by atoms with van der Waals surface area (Å²) < 4.78 is 7.90. The molecular formula is C16H27N3O. The molecule has 1 aliphatic carbocycles. The van der Waals surface area contributed by atoms with Crippen LogP contribution < -0.4 is 5.73 Å². The zero-order valence-electron chi connectivity index (χ0n) is 12.8. The number of aromatic nitrogens is 2. The average Bonchev–Trinajstić information content (AvgIpc) is 3.06. The Morgan fingerprint density at radius 2 is 1.85 bits per heavy atom. The molecule has 1 saturated carbocycles. The molecule has 1 aromatic heterocycles. The van der Waals surface area contributed by atoms with E-state index >= 15 is 0 Å². The highest BCUT2D eigenvalue weighted by Crippen LogP contribution is 2.39. The Morgan fingerprint density at radius 3 is 2.45 bits per heavy atom. The van der Waals surface area contributed by atoms with Crippen LogP contribution in [0.15, 0.2) is 0 Å². The molecule has 2 heterocycles. The maximum atomic E-state index is 6.45. The fourth-order valence-electron chi connectivity index (χ4n) is 3.75. The van der Waals surface area contributed by atoms with Crippen LogP contribution in [0.3, 0.4) is 0 Å². The van der Waals surface area contributed by atoms with Gasteiger partial charge in [0.1, 0.15) is 11.6 Å². The Labute approximate surface area is 121 Å². The molecular weight excluding hydrogens is 250 g/mol. The van der Waals surface area contributed by atoms with E-state index in [9.17, 15) is 0 Å². The second-order valence-corrected chi connectivity index (χ2v) is 6.60. The monoisotopic (exact) mass is 277 g/mol. The van der Waals surface area contributed by atoms with Gasteiger partial charge in [-0.05, 0) is 39.5 Å². The SMILES string of the molecule is CC(C)n1c(C2CCCC2)nc(C2CCCOC2)c1N. The fourth-order valence-corrected chi connectivity index (χ4v) is 3.75. The Balaban J connectivity index is 1.96. The van der Waals surface area contributed by atoms with Crippen LogP contribution in [0.2, 0.25) is 0 Å². The van der Waals surface area contributed by atoms with Gasteiger partial charge in [-0.25, -0.2) is 4.98 Å². The number of ether oxygens (including phenoxy) is 1. The summed E-state index contributed by atoms with van der Waals surface area (Å²) in [5.41, 5.74) is 7.55. The summed E-state index contributed by atoms with van der Waals surface area (Å²) >= 11 is 0. The highest BCUT2D eigenvalue weighted by molar-refractivity contribution is 5.42. The van der Waals surface area contributed by atoms with Gasteiger partial charge in [0, 0.05) is 24.5 Å². The number of hydrogen-bond acceptors (Lipinski definition) is 3. The first-order valence-corrected chi connectivity index (χ1v) is 8.13. The van der Waals surface area contributed by atoms with E-state index in [0.29, 0.717) is 17.9 Å². The molecule has 4 heteroatoms. The minimum Gasteiger partial charge on any atom is -0.384 e. The van der Waals surface area contributed by atoms with E-state index in [1.54, 1.807) is 0 Å². The van der Waals surface area contributed by atoms with Crippen molar-refractivity contribution in [2.24, 2.45) is 0 Å². The summed E-state index contributed by atoms with van der Waals surface area (Å²) in [6.45, 7) is 6.08. The predicted molar refractivity (Wildman–Crippen MR) is 81.0 cm³/mol. The van der Waals surface area contributed by atoms with Crippen molar-refractivity contribution >= 4 is 5.82 Å². The van der Waals surface area contributed by atoms with Gasteiger partial charge in [-0.2, -0.15) is 0 Å². The summed E-state index contributed by atoms with van der Waals surface area (Å²) in [5.74, 6) is 3.12. The lowest BCUT2D eigenvalue weighted by atomic mass is 9.98. The summed E-state index contributed by atoms with van der Waals surface area (Å²) in [7, 11) is 0. The topological polar surface area (TPSA) is 53.1 Å². The van der Waals surface area contributed by atoms with E-state index in [0.717, 1.165) is 37.6 Å². The molecule has 112 valence electrons. The average molecular weight is 277 g/mol. The second kappa shape index (κ2) is 5.76. The molecule has 2 fully saturated rings. The Morgan fingerprint density at radius 1 is 1.15 bits per heavy atom. The normalized spacial score (nSPS) is 24.6. The van der Waals surface area contributed by atoms with Gasteiger partial charge in [0.25, 0.3) is 0 Å². The summed E-state index contributed by atoms with van der Waals surface area (Å²) in [6.07, 6.45) is 7.48. The van der Waals surface area contributed by atoms with Crippen molar-refractivity contribution in [3.63, 3.8) is 0 Å². The molecule has 0 aromatic carbocycles. The molecule has 20 heavy (non-hydrogen) atoms. The standard InChI is InChI=1S/C16H27N3O/c1-11(2)19-15(17)14(13-8-5-9-20-10-13)18-16(19)12-6-3-4-7-12/h11-13H,3-10,17H2,1-2H3. The van der Waals surface area contributed by atoms with Crippen LogP contribution in [0.1, 0.15) is 81.8 Å². The fraction of sp³-hybridized carbons (Fsp3) is 0.812. The van der Waals surface area contributed by atoms with Crippen LogP contribution in [0.25, 0.3) is 0 Å². The van der Waals surface area contributed by atoms with E-state index in [4.69, 9.17) is 15.5 Å². The van der Waals surface area contributed by atoms with Crippen LogP contribution >= 0.6 is 0 Å². The van der Waals surface area contributed by atoms with Gasteiger partial charge in [-0.15, -0.1) is 0 Å². The smallest absolute Gasteiger partial charge is 0.127 e. The third-order valence-corrected chi connectivity index (χ3v) is 4.79. The number of nitrogens with two attached hydrogens (primary N) is 1. The molecule has 4 nitrogen and oxygen atoms in total. The van der Waals surface area contributed by atoms with Crippen molar-refractivity contribution in [2.75, 3.05) is 18.9 Å². The lowest BCUT2D eigenvalue weighted by Crippen LogP contribution is -2.17. The highest BCUT2D eigenvalue weighted by atomic mass is 16.5. The summed E-state index contributed by atoms with van der Waals surface area (Å²) in [4.78, 5) is 4.99. The number of hydrogen-bond donors (Lipinski definition) is 1. The van der Waals surface area contributed by atoms with Crippen LogP contribution in [0.5, 0.6) is 0 Å². The van der Waals surface area contributed by atoms with Gasteiger partial charge in [-0.1, -0.05) is 12.8 Å². The van der Waals surface area contributed by atoms with Gasteiger partial charge >= 0.3 is 0 Å². The molecule has 1 unspecified atom stereocenters. The predicted octanol–water partition coefficient (Wildman–Crippen LogP) is 3.60. The Hall–Kier alpha value is -1.03. The van der Waals surface area contributed by atoms with Crippen LogP contribution in [0, 0.1) is 0 Å². The maximum Gasteiger partial charge on any atom is 0.127 e. The second-order valence-electron chi connectivity index (χ2n) is 6.60. The molecule has 0 amide bonds. The molecule has 3 rings (SSSR count). The summed E-state index contributed by atoms with van der Waals surface area (Å²) in [6, 6.07) is 0.386. The molecule has 2 N–H and O–H groups in total. The molecule has 1 atom stereocenters. The Bertz CT molecular complexity index is 455. The van der Waals surface area contributed by atoms with Crippen molar-refractivity contribution < 1.29 is 4.74 Å². The first kappa shape index (κ1) is 13.9. The molecule has 1 aliphatic heterocycles. The first-order chi connectivity index (χ1) is 9.68. The third-order valence-electron chi connectivity index (χ3n) is 4.79. The highest BCUT2D eigenvalue weighted by Gasteiger charge is 2.29. The van der Waals surface area contributed by atoms with E-state index in [-0.39, 0.29) is 0 Å². The lowest BCUT2D eigenvalue weighted by molar-refractivity contribution is 0.0795. The van der Waals surface area contributed by atoms with Crippen molar-refractivity contribution in [3.8, 4) is 0 Å². The van der Waals surface area contributed by atoms with Crippen LogP contribution in [-0.4, -0.2) is 22.8 Å². The van der Waals surface area contributed by atoms with Gasteiger partial charge in [0.15, 0.2) is 0 Å². The zero-order chi connectivity index (χ0) is 14.1. The van der Waals surface area contributed by atoms with Gasteiger partial charge in [0.05, 0.1) is 12.3 Å². The van der Waals surface area contributed by atoms with E-state index in [2.05, 4.69) is 18.4 Å². The largest absolute Gasteiger partial charge is 0.384 e. The minimum atomic E-state index is 0.386. The van der Waals surface area contributed by atoms with Crippen molar-refractivity contribution in [2.45, 2.75) is 70.3 Å². The molecule has 0 spiro atoms. The maximum absolute atomic E-state index is 6.45. The zero-order valence-corrected chi connectivity index (χ0v) is 12.8.